The second-order valence-electron chi connectivity index (χ2n) is 8.13. The Hall–Kier alpha value is -3.91. The summed E-state index contributed by atoms with van der Waals surface area (Å²) < 4.78 is 0. The molecule has 0 radical (unpaired) electrons. The molecule has 0 spiro atoms. The molecule has 6 rings (SSSR count). The van der Waals surface area contributed by atoms with E-state index in [1.165, 1.54) is 43.9 Å². The molecule has 0 bridgehead atoms. The second-order valence-corrected chi connectivity index (χ2v) is 8.13. The van der Waals surface area contributed by atoms with Gasteiger partial charge in [0.15, 0.2) is 0 Å². The van der Waals surface area contributed by atoms with E-state index in [2.05, 4.69) is 108 Å². The van der Waals surface area contributed by atoms with Gasteiger partial charge in [-0.25, -0.2) is 0 Å². The maximum atomic E-state index is 4.84. The molecule has 0 atom stereocenters. The van der Waals surface area contributed by atoms with E-state index in [1.54, 1.807) is 0 Å². The minimum atomic E-state index is 0.970. The van der Waals surface area contributed by atoms with Crippen molar-refractivity contribution in [3.8, 4) is 0 Å². The Balaban J connectivity index is 1.32. The van der Waals surface area contributed by atoms with Gasteiger partial charge < -0.3 is 4.90 Å². The first kappa shape index (κ1) is 17.9. The standard InChI is InChI=1S/C29H22N2/c1-2-10-24-20-31(19-23(24)9-1)26-15-13-25(14-16-26)30-18-29-27-11-5-3-7-21(27)17-22-8-4-6-12-28(22)29/h1-18H,19-20H2. The van der Waals surface area contributed by atoms with Crippen LogP contribution < -0.4 is 4.90 Å². The van der Waals surface area contributed by atoms with Crippen molar-refractivity contribution in [1.82, 2.24) is 0 Å². The van der Waals surface area contributed by atoms with Crippen molar-refractivity contribution < 1.29 is 0 Å². The summed E-state index contributed by atoms with van der Waals surface area (Å²) in [4.78, 5) is 7.25. The average molecular weight is 399 g/mol. The van der Waals surface area contributed by atoms with Crippen molar-refractivity contribution in [1.29, 1.82) is 0 Å². The maximum absolute atomic E-state index is 4.84. The zero-order valence-electron chi connectivity index (χ0n) is 17.2. The normalized spacial score (nSPS) is 13.4. The van der Waals surface area contributed by atoms with Crippen LogP contribution in [-0.4, -0.2) is 6.21 Å². The van der Waals surface area contributed by atoms with E-state index in [9.17, 15) is 0 Å². The first-order valence-electron chi connectivity index (χ1n) is 10.7. The first-order valence-corrected chi connectivity index (χ1v) is 10.7. The van der Waals surface area contributed by atoms with E-state index >= 15 is 0 Å². The van der Waals surface area contributed by atoms with Gasteiger partial charge in [-0.3, -0.25) is 4.99 Å². The maximum Gasteiger partial charge on any atom is 0.0631 e. The highest BCUT2D eigenvalue weighted by molar-refractivity contribution is 6.13. The molecule has 1 heterocycles. The molecule has 0 saturated heterocycles. The summed E-state index contributed by atoms with van der Waals surface area (Å²) in [5.74, 6) is 0. The van der Waals surface area contributed by atoms with Gasteiger partial charge in [0.05, 0.1) is 5.69 Å². The van der Waals surface area contributed by atoms with E-state index in [0.29, 0.717) is 0 Å². The molecule has 1 aliphatic rings. The Morgan fingerprint density at radius 2 is 1.16 bits per heavy atom. The summed E-state index contributed by atoms with van der Waals surface area (Å²) in [6.45, 7) is 1.95. The lowest BCUT2D eigenvalue weighted by Gasteiger charge is -2.17. The van der Waals surface area contributed by atoms with Crippen LogP contribution >= 0.6 is 0 Å². The topological polar surface area (TPSA) is 15.6 Å². The van der Waals surface area contributed by atoms with E-state index < -0.39 is 0 Å². The van der Waals surface area contributed by atoms with Crippen LogP contribution in [0.5, 0.6) is 0 Å². The molecular weight excluding hydrogens is 376 g/mol. The van der Waals surface area contributed by atoms with Crippen LogP contribution in [0.2, 0.25) is 0 Å². The third-order valence-electron chi connectivity index (χ3n) is 6.21. The third kappa shape index (κ3) is 3.27. The SMILES string of the molecule is C(=Nc1ccc(N2Cc3ccccc3C2)cc1)c1c2ccccc2cc2ccccc12. The number of aliphatic imine (C=N–C) groups is 1. The number of hydrogen-bond acceptors (Lipinski definition) is 2. The van der Waals surface area contributed by atoms with Gasteiger partial charge in [-0.2, -0.15) is 0 Å². The average Bonchev–Trinajstić information content (AvgIpc) is 3.26. The molecule has 31 heavy (non-hydrogen) atoms. The molecule has 0 fully saturated rings. The van der Waals surface area contributed by atoms with Gasteiger partial charge in [-0.1, -0.05) is 72.8 Å². The summed E-state index contributed by atoms with van der Waals surface area (Å²) in [6.07, 6.45) is 2.02. The summed E-state index contributed by atoms with van der Waals surface area (Å²) in [6, 6.07) is 36.6. The minimum absolute atomic E-state index is 0.970. The lowest BCUT2D eigenvalue weighted by atomic mass is 9.97. The molecule has 148 valence electrons. The molecule has 1 aliphatic heterocycles. The zero-order valence-corrected chi connectivity index (χ0v) is 17.2. The smallest absolute Gasteiger partial charge is 0.0631 e. The van der Waals surface area contributed by atoms with Crippen LogP contribution in [-0.2, 0) is 13.1 Å². The molecule has 0 amide bonds. The molecule has 0 aliphatic carbocycles. The fraction of sp³-hybridized carbons (Fsp3) is 0.0690. The predicted molar refractivity (Wildman–Crippen MR) is 131 cm³/mol. The van der Waals surface area contributed by atoms with Crippen LogP contribution in [0, 0.1) is 0 Å². The van der Waals surface area contributed by atoms with Crippen LogP contribution in [0.15, 0.2) is 108 Å². The van der Waals surface area contributed by atoms with Gasteiger partial charge in [0.2, 0.25) is 0 Å². The lowest BCUT2D eigenvalue weighted by molar-refractivity contribution is 0.880. The molecular formula is C29H22N2. The molecule has 5 aromatic carbocycles. The first-order chi connectivity index (χ1) is 15.3. The Labute approximate surface area is 182 Å². The van der Waals surface area contributed by atoms with Crippen LogP contribution in [0.25, 0.3) is 21.5 Å². The van der Waals surface area contributed by atoms with Gasteiger partial charge in [0.25, 0.3) is 0 Å². The number of hydrogen-bond donors (Lipinski definition) is 0. The highest BCUT2D eigenvalue weighted by Gasteiger charge is 2.18. The minimum Gasteiger partial charge on any atom is -0.363 e. The Morgan fingerprint density at radius 3 is 1.77 bits per heavy atom. The molecule has 2 heteroatoms. The molecule has 0 aromatic heterocycles. The molecule has 0 N–H and O–H groups in total. The van der Waals surface area contributed by atoms with Crippen LogP contribution in [0.4, 0.5) is 11.4 Å². The highest BCUT2D eigenvalue weighted by atomic mass is 15.1. The van der Waals surface area contributed by atoms with E-state index in [4.69, 9.17) is 4.99 Å². The summed E-state index contributed by atoms with van der Waals surface area (Å²) >= 11 is 0. The molecule has 5 aromatic rings. The third-order valence-corrected chi connectivity index (χ3v) is 6.21. The number of benzene rings is 5. The van der Waals surface area contributed by atoms with Crippen molar-refractivity contribution in [2.45, 2.75) is 13.1 Å². The number of anilines is 1. The van der Waals surface area contributed by atoms with Gasteiger partial charge >= 0.3 is 0 Å². The van der Waals surface area contributed by atoms with Gasteiger partial charge in [-0.15, -0.1) is 0 Å². The monoisotopic (exact) mass is 398 g/mol. The predicted octanol–water partition coefficient (Wildman–Crippen LogP) is 7.26. The van der Waals surface area contributed by atoms with E-state index in [1.807, 2.05) is 6.21 Å². The molecule has 2 nitrogen and oxygen atoms in total. The fourth-order valence-electron chi connectivity index (χ4n) is 4.59. The van der Waals surface area contributed by atoms with Crippen molar-refractivity contribution >= 4 is 39.1 Å². The van der Waals surface area contributed by atoms with Crippen LogP contribution in [0.1, 0.15) is 16.7 Å². The van der Waals surface area contributed by atoms with Crippen molar-refractivity contribution in [3.63, 3.8) is 0 Å². The largest absolute Gasteiger partial charge is 0.363 e. The number of nitrogens with zero attached hydrogens (tertiary/aromatic N) is 2. The zero-order chi connectivity index (χ0) is 20.6. The Kier molecular flexibility index (Phi) is 4.28. The van der Waals surface area contributed by atoms with Crippen LogP contribution in [0.3, 0.4) is 0 Å². The summed E-state index contributed by atoms with van der Waals surface area (Å²) in [5.41, 5.74) is 6.23. The molecule has 0 unspecified atom stereocenters. The summed E-state index contributed by atoms with van der Waals surface area (Å²) in [7, 11) is 0. The lowest BCUT2D eigenvalue weighted by Crippen LogP contribution is -2.13. The number of fused-ring (bicyclic) bond motifs is 3. The summed E-state index contributed by atoms with van der Waals surface area (Å²) in [5, 5.41) is 4.95. The van der Waals surface area contributed by atoms with Crippen molar-refractivity contribution in [2.24, 2.45) is 4.99 Å². The fourth-order valence-corrected chi connectivity index (χ4v) is 4.59. The van der Waals surface area contributed by atoms with Gasteiger partial charge in [0, 0.05) is 30.6 Å². The van der Waals surface area contributed by atoms with Gasteiger partial charge in [-0.05, 0) is 63.0 Å². The van der Waals surface area contributed by atoms with Crippen molar-refractivity contribution in [3.05, 3.63) is 120 Å². The Morgan fingerprint density at radius 1 is 0.613 bits per heavy atom. The van der Waals surface area contributed by atoms with E-state index in [-0.39, 0.29) is 0 Å². The quantitative estimate of drug-likeness (QED) is 0.231. The number of rotatable bonds is 3. The van der Waals surface area contributed by atoms with Gasteiger partial charge in [0.1, 0.15) is 0 Å². The van der Waals surface area contributed by atoms with Crippen molar-refractivity contribution in [2.75, 3.05) is 4.90 Å². The van der Waals surface area contributed by atoms with E-state index in [0.717, 1.165) is 18.8 Å². The molecule has 0 saturated carbocycles. The second kappa shape index (κ2) is 7.41. The highest BCUT2D eigenvalue weighted by Crippen LogP contribution is 2.30. The Bertz CT molecular complexity index is 1350.